The van der Waals surface area contributed by atoms with Crippen LogP contribution in [0.3, 0.4) is 0 Å². The van der Waals surface area contributed by atoms with Crippen molar-refractivity contribution in [1.29, 1.82) is 5.26 Å². The Morgan fingerprint density at radius 3 is 2.70 bits per heavy atom. The summed E-state index contributed by atoms with van der Waals surface area (Å²) in [6.45, 7) is 3.23. The number of aromatic nitrogens is 3. The van der Waals surface area contributed by atoms with Crippen LogP contribution in [-0.4, -0.2) is 21.6 Å². The van der Waals surface area contributed by atoms with Crippen molar-refractivity contribution in [3.05, 3.63) is 40.7 Å². The van der Waals surface area contributed by atoms with Crippen molar-refractivity contribution >= 4 is 11.6 Å². The minimum Gasteiger partial charge on any atom is -0.494 e. The topological polar surface area (TPSA) is 63.7 Å². The molecule has 104 valence electrons. The third kappa shape index (κ3) is 3.72. The molecule has 0 radical (unpaired) electrons. The largest absolute Gasteiger partial charge is 0.494 e. The molecule has 2 rings (SSSR count). The second kappa shape index (κ2) is 6.92. The highest BCUT2D eigenvalue weighted by Crippen LogP contribution is 2.15. The first-order chi connectivity index (χ1) is 9.70. The fourth-order valence-electron chi connectivity index (χ4n) is 1.76. The molecule has 0 atom stereocenters. The molecule has 20 heavy (non-hydrogen) atoms. The molecule has 0 saturated carbocycles. The van der Waals surface area contributed by atoms with Gasteiger partial charge in [0.05, 0.1) is 12.3 Å². The van der Waals surface area contributed by atoms with Gasteiger partial charge in [-0.15, -0.1) is 5.10 Å². The molecule has 2 aromatic rings. The van der Waals surface area contributed by atoms with Crippen molar-refractivity contribution in [1.82, 2.24) is 15.0 Å². The molecule has 0 aliphatic heterocycles. The van der Waals surface area contributed by atoms with Crippen LogP contribution in [-0.2, 0) is 6.54 Å². The monoisotopic (exact) mass is 290 g/mol. The fraction of sp³-hybridized carbons (Fsp3) is 0.357. The van der Waals surface area contributed by atoms with E-state index in [1.165, 1.54) is 0 Å². The Balaban J connectivity index is 1.70. The molecular formula is C14H15ClN4O. The second-order valence-corrected chi connectivity index (χ2v) is 4.80. The lowest BCUT2D eigenvalue weighted by Gasteiger charge is -2.06. The van der Waals surface area contributed by atoms with Gasteiger partial charge in [0.25, 0.3) is 0 Å². The van der Waals surface area contributed by atoms with Gasteiger partial charge in [-0.05, 0) is 44.0 Å². The number of benzene rings is 1. The molecule has 1 aromatic carbocycles. The predicted molar refractivity (Wildman–Crippen MR) is 75.7 cm³/mol. The Morgan fingerprint density at radius 2 is 2.05 bits per heavy atom. The maximum absolute atomic E-state index is 8.79. The van der Waals surface area contributed by atoms with E-state index in [1.807, 2.05) is 25.1 Å². The zero-order valence-corrected chi connectivity index (χ0v) is 12.0. The van der Waals surface area contributed by atoms with E-state index in [2.05, 4.69) is 10.3 Å². The molecule has 0 unspecified atom stereocenters. The number of ether oxygens (including phenoxy) is 1. The van der Waals surface area contributed by atoms with Gasteiger partial charge in [0.1, 0.15) is 11.8 Å². The van der Waals surface area contributed by atoms with Gasteiger partial charge < -0.3 is 4.74 Å². The number of aryl methyl sites for hydroxylation is 1. The average Bonchev–Trinajstić information content (AvgIpc) is 2.81. The van der Waals surface area contributed by atoms with Crippen molar-refractivity contribution in [3.8, 4) is 11.8 Å². The number of nitriles is 1. The van der Waals surface area contributed by atoms with Gasteiger partial charge in [0.2, 0.25) is 0 Å². The smallest absolute Gasteiger partial charge is 0.185 e. The molecule has 0 saturated heterocycles. The highest BCUT2D eigenvalue weighted by atomic mass is 35.5. The fourth-order valence-corrected chi connectivity index (χ4v) is 1.89. The van der Waals surface area contributed by atoms with Crippen LogP contribution in [0, 0.1) is 18.3 Å². The van der Waals surface area contributed by atoms with Gasteiger partial charge >= 0.3 is 0 Å². The third-order valence-corrected chi connectivity index (χ3v) is 3.19. The summed E-state index contributed by atoms with van der Waals surface area (Å²) in [6.07, 6.45) is 1.83. The van der Waals surface area contributed by atoms with Crippen molar-refractivity contribution in [3.63, 3.8) is 0 Å². The first-order valence-corrected chi connectivity index (χ1v) is 6.77. The van der Waals surface area contributed by atoms with Crippen LogP contribution in [0.4, 0.5) is 0 Å². The van der Waals surface area contributed by atoms with Crippen molar-refractivity contribution < 1.29 is 4.74 Å². The van der Waals surface area contributed by atoms with Crippen molar-refractivity contribution in [2.24, 2.45) is 0 Å². The molecule has 1 heterocycles. The minimum atomic E-state index is 0.391. The van der Waals surface area contributed by atoms with E-state index in [1.54, 1.807) is 16.8 Å². The zero-order chi connectivity index (χ0) is 14.4. The van der Waals surface area contributed by atoms with Gasteiger partial charge in [-0.25, -0.2) is 4.68 Å². The lowest BCUT2D eigenvalue weighted by atomic mass is 10.3. The van der Waals surface area contributed by atoms with Gasteiger partial charge in [-0.1, -0.05) is 16.8 Å². The molecule has 5 nitrogen and oxygen atoms in total. The number of nitrogens with zero attached hydrogens (tertiary/aromatic N) is 4. The predicted octanol–water partition coefficient (Wildman–Crippen LogP) is 2.97. The van der Waals surface area contributed by atoms with E-state index in [4.69, 9.17) is 21.6 Å². The van der Waals surface area contributed by atoms with Crippen LogP contribution in [0.2, 0.25) is 5.02 Å². The van der Waals surface area contributed by atoms with Crippen LogP contribution >= 0.6 is 11.6 Å². The number of halogens is 1. The van der Waals surface area contributed by atoms with E-state index in [-0.39, 0.29) is 0 Å². The quantitative estimate of drug-likeness (QED) is 0.767. The van der Waals surface area contributed by atoms with E-state index in [9.17, 15) is 0 Å². The van der Waals surface area contributed by atoms with Crippen LogP contribution in [0.25, 0.3) is 0 Å². The molecule has 0 N–H and O–H groups in total. The summed E-state index contributed by atoms with van der Waals surface area (Å²) in [5.74, 6) is 0.818. The summed E-state index contributed by atoms with van der Waals surface area (Å²) in [7, 11) is 0. The average molecular weight is 291 g/mol. The Hall–Kier alpha value is -2.06. The molecule has 0 fully saturated rings. The number of rotatable bonds is 6. The van der Waals surface area contributed by atoms with E-state index in [0.717, 1.165) is 30.8 Å². The minimum absolute atomic E-state index is 0.391. The third-order valence-electron chi connectivity index (χ3n) is 2.94. The molecule has 0 aliphatic rings. The Kier molecular flexibility index (Phi) is 4.97. The zero-order valence-electron chi connectivity index (χ0n) is 11.2. The lowest BCUT2D eigenvalue weighted by Crippen LogP contribution is -2.05. The summed E-state index contributed by atoms with van der Waals surface area (Å²) in [4.78, 5) is 0. The van der Waals surface area contributed by atoms with Gasteiger partial charge in [0, 0.05) is 11.6 Å². The number of hydrogen-bond acceptors (Lipinski definition) is 4. The van der Waals surface area contributed by atoms with Crippen LogP contribution < -0.4 is 4.74 Å². The summed E-state index contributed by atoms with van der Waals surface area (Å²) < 4.78 is 7.35. The number of hydrogen-bond donors (Lipinski definition) is 0. The van der Waals surface area contributed by atoms with E-state index >= 15 is 0 Å². The molecule has 0 spiro atoms. The van der Waals surface area contributed by atoms with Crippen molar-refractivity contribution in [2.75, 3.05) is 6.61 Å². The molecule has 0 bridgehead atoms. The lowest BCUT2D eigenvalue weighted by molar-refractivity contribution is 0.301. The highest BCUT2D eigenvalue weighted by molar-refractivity contribution is 6.30. The Labute approximate surface area is 122 Å². The SMILES string of the molecule is Cc1c(C#N)nnn1CCCCOc1ccc(Cl)cc1. The van der Waals surface area contributed by atoms with Crippen molar-refractivity contribution in [2.45, 2.75) is 26.3 Å². The normalized spacial score (nSPS) is 10.2. The first kappa shape index (κ1) is 14.4. The second-order valence-electron chi connectivity index (χ2n) is 4.37. The Bertz CT molecular complexity index is 601. The van der Waals surface area contributed by atoms with Crippen LogP contribution in [0.15, 0.2) is 24.3 Å². The number of unbranched alkanes of at least 4 members (excludes halogenated alkanes) is 1. The summed E-state index contributed by atoms with van der Waals surface area (Å²) in [6, 6.07) is 9.32. The van der Waals surface area contributed by atoms with Crippen LogP contribution in [0.5, 0.6) is 5.75 Å². The first-order valence-electron chi connectivity index (χ1n) is 6.39. The standard InChI is InChI=1S/C14H15ClN4O/c1-11-14(10-16)17-18-19(11)8-2-3-9-20-13-6-4-12(15)5-7-13/h4-7H,2-3,8-9H2,1H3. The van der Waals surface area contributed by atoms with E-state index < -0.39 is 0 Å². The van der Waals surface area contributed by atoms with Gasteiger partial charge in [-0.3, -0.25) is 0 Å². The molecular weight excluding hydrogens is 276 g/mol. The molecule has 6 heteroatoms. The maximum atomic E-state index is 8.79. The molecule has 0 aliphatic carbocycles. The summed E-state index contributed by atoms with van der Waals surface area (Å²) in [5.41, 5.74) is 1.20. The molecule has 1 aromatic heterocycles. The molecule has 0 amide bonds. The Morgan fingerprint density at radius 1 is 1.30 bits per heavy atom. The maximum Gasteiger partial charge on any atom is 0.185 e. The summed E-state index contributed by atoms with van der Waals surface area (Å²) >= 11 is 5.80. The van der Waals surface area contributed by atoms with Gasteiger partial charge in [-0.2, -0.15) is 5.26 Å². The van der Waals surface area contributed by atoms with Gasteiger partial charge in [0.15, 0.2) is 5.69 Å². The van der Waals surface area contributed by atoms with Crippen LogP contribution in [0.1, 0.15) is 24.2 Å². The van der Waals surface area contributed by atoms with E-state index in [0.29, 0.717) is 17.3 Å². The highest BCUT2D eigenvalue weighted by Gasteiger charge is 2.06. The summed E-state index contributed by atoms with van der Waals surface area (Å²) in [5, 5.41) is 17.2.